The fraction of sp³-hybridized carbons (Fsp3) is 0.192. The van der Waals surface area contributed by atoms with Gasteiger partial charge in [-0.05, 0) is 53.5 Å². The zero-order valence-corrected chi connectivity index (χ0v) is 20.1. The van der Waals surface area contributed by atoms with Crippen LogP contribution in [0.1, 0.15) is 23.6 Å². The third-order valence-corrected chi connectivity index (χ3v) is 6.42. The summed E-state index contributed by atoms with van der Waals surface area (Å²) in [7, 11) is 1.53. The largest absolute Gasteiger partial charge is 0.493 e. The maximum absolute atomic E-state index is 12.5. The Labute approximate surface area is 207 Å². The molecule has 8 nitrogen and oxygen atoms in total. The van der Waals surface area contributed by atoms with E-state index in [4.69, 9.17) is 9.47 Å². The number of nitro groups is 1. The van der Waals surface area contributed by atoms with Gasteiger partial charge in [0.2, 0.25) is 0 Å². The number of nitro benzene ring substituents is 1. The zero-order valence-electron chi connectivity index (χ0n) is 19.3. The fourth-order valence-electron chi connectivity index (χ4n) is 3.52. The van der Waals surface area contributed by atoms with Crippen LogP contribution in [0, 0.1) is 10.1 Å². The molecule has 0 spiro atoms. The lowest BCUT2D eigenvalue weighted by molar-refractivity contribution is -0.384. The first kappa shape index (κ1) is 24.2. The average Bonchev–Trinajstić information content (AvgIpc) is 3.21. The van der Waals surface area contributed by atoms with E-state index in [0.717, 1.165) is 17.7 Å². The van der Waals surface area contributed by atoms with E-state index in [9.17, 15) is 14.9 Å². The van der Waals surface area contributed by atoms with Crippen molar-refractivity contribution in [2.45, 2.75) is 25.4 Å². The predicted molar refractivity (Wildman–Crippen MR) is 137 cm³/mol. The van der Waals surface area contributed by atoms with Crippen molar-refractivity contribution < 1.29 is 19.2 Å². The molecule has 1 atom stereocenters. The summed E-state index contributed by atoms with van der Waals surface area (Å²) in [5, 5.41) is 17.2. The molecule has 4 rings (SSSR count). The first-order valence-electron chi connectivity index (χ1n) is 11.0. The van der Waals surface area contributed by atoms with Crippen LogP contribution in [0.4, 0.5) is 11.4 Å². The number of nitrogens with zero attached hydrogens (tertiary/aromatic N) is 1. The molecule has 0 radical (unpaired) electrons. The Kier molecular flexibility index (Phi) is 7.57. The van der Waals surface area contributed by atoms with Gasteiger partial charge in [0, 0.05) is 17.8 Å². The van der Waals surface area contributed by atoms with E-state index >= 15 is 0 Å². The highest BCUT2D eigenvalue weighted by Gasteiger charge is 2.27. The highest BCUT2D eigenvalue weighted by Crippen LogP contribution is 2.33. The summed E-state index contributed by atoms with van der Waals surface area (Å²) in [4.78, 5) is 23.6. The van der Waals surface area contributed by atoms with Crippen molar-refractivity contribution in [1.82, 2.24) is 5.32 Å². The quantitative estimate of drug-likeness (QED) is 0.236. The Bertz CT molecular complexity index is 1260. The average molecular weight is 492 g/mol. The normalized spacial score (nSPS) is 16.1. The van der Waals surface area contributed by atoms with Gasteiger partial charge < -0.3 is 20.1 Å². The summed E-state index contributed by atoms with van der Waals surface area (Å²) in [5.41, 5.74) is 3.40. The molecule has 180 valence electrons. The Morgan fingerprint density at radius 2 is 1.89 bits per heavy atom. The monoisotopic (exact) mass is 491 g/mol. The lowest BCUT2D eigenvalue weighted by Crippen LogP contribution is -2.30. The van der Waals surface area contributed by atoms with E-state index in [2.05, 4.69) is 29.7 Å². The van der Waals surface area contributed by atoms with Crippen LogP contribution in [0.2, 0.25) is 0 Å². The summed E-state index contributed by atoms with van der Waals surface area (Å²) >= 11 is 1.41. The first-order chi connectivity index (χ1) is 16.9. The number of amides is 1. The minimum absolute atomic E-state index is 0.0122. The van der Waals surface area contributed by atoms with Gasteiger partial charge >= 0.3 is 0 Å². The second kappa shape index (κ2) is 11.0. The van der Waals surface area contributed by atoms with Crippen LogP contribution in [-0.2, 0) is 17.8 Å². The number of thioether (sulfide) groups is 1. The van der Waals surface area contributed by atoms with E-state index in [-0.39, 0.29) is 23.7 Å². The van der Waals surface area contributed by atoms with Crippen LogP contribution < -0.4 is 20.1 Å². The van der Waals surface area contributed by atoms with E-state index in [1.54, 1.807) is 30.3 Å². The molecule has 2 N–H and O–H groups in total. The number of ether oxygens (including phenoxy) is 2. The van der Waals surface area contributed by atoms with Gasteiger partial charge in [-0.2, -0.15) is 0 Å². The molecule has 9 heteroatoms. The van der Waals surface area contributed by atoms with Crippen LogP contribution in [0.15, 0.2) is 71.6 Å². The number of carbonyl (C=O) groups is 1. The number of anilines is 1. The van der Waals surface area contributed by atoms with Crippen molar-refractivity contribution in [2.24, 2.45) is 0 Å². The Morgan fingerprint density at radius 1 is 1.09 bits per heavy atom. The van der Waals surface area contributed by atoms with Crippen molar-refractivity contribution in [1.29, 1.82) is 0 Å². The van der Waals surface area contributed by atoms with E-state index in [1.807, 2.05) is 18.2 Å². The van der Waals surface area contributed by atoms with Crippen LogP contribution >= 0.6 is 11.8 Å². The van der Waals surface area contributed by atoms with Gasteiger partial charge in [0.25, 0.3) is 11.6 Å². The fourth-order valence-corrected chi connectivity index (χ4v) is 4.50. The number of hydrogen-bond acceptors (Lipinski definition) is 7. The van der Waals surface area contributed by atoms with Crippen molar-refractivity contribution in [3.8, 4) is 11.5 Å². The summed E-state index contributed by atoms with van der Waals surface area (Å²) in [6.07, 6.45) is 2.78. The molecule has 0 saturated carbocycles. The van der Waals surface area contributed by atoms with E-state index < -0.39 is 4.92 Å². The second-order valence-electron chi connectivity index (χ2n) is 7.80. The zero-order chi connectivity index (χ0) is 24.8. The minimum Gasteiger partial charge on any atom is -0.493 e. The Balaban J connectivity index is 1.42. The van der Waals surface area contributed by atoms with Gasteiger partial charge in [-0.3, -0.25) is 14.9 Å². The predicted octanol–water partition coefficient (Wildman–Crippen LogP) is 5.34. The number of carbonyl (C=O) groups excluding carboxylic acids is 1. The molecule has 1 amide bonds. The smallest absolute Gasteiger partial charge is 0.269 e. The van der Waals surface area contributed by atoms with Crippen LogP contribution in [0.5, 0.6) is 11.5 Å². The number of benzene rings is 3. The van der Waals surface area contributed by atoms with Crippen LogP contribution in [-0.4, -0.2) is 23.4 Å². The number of hydrogen-bond donors (Lipinski definition) is 2. The van der Waals surface area contributed by atoms with Crippen molar-refractivity contribution in [3.63, 3.8) is 0 Å². The maximum atomic E-state index is 12.5. The lowest BCUT2D eigenvalue weighted by Gasteiger charge is -2.13. The summed E-state index contributed by atoms with van der Waals surface area (Å²) in [6.45, 7) is 2.26. The molecular weight excluding hydrogens is 466 g/mol. The molecule has 0 bridgehead atoms. The standard InChI is InChI=1S/C26H25N3O5S/c1-3-17-7-10-20(11-8-17)27-26-28-25(30)24(35-26)15-18-9-12-22(23(14-18)33-2)34-16-19-5-4-6-21(13-19)29(31)32/h4-15,26-27H,3,16H2,1-2H3,(H,28,30)/b24-15-/t26-/m1/s1. The molecule has 3 aromatic carbocycles. The van der Waals surface area contributed by atoms with Crippen LogP contribution in [0.25, 0.3) is 6.08 Å². The summed E-state index contributed by atoms with van der Waals surface area (Å²) < 4.78 is 11.3. The Hall–Kier alpha value is -3.98. The Morgan fingerprint density at radius 3 is 2.60 bits per heavy atom. The molecule has 1 aliphatic rings. The highest BCUT2D eigenvalue weighted by molar-refractivity contribution is 8.05. The summed E-state index contributed by atoms with van der Waals surface area (Å²) in [6, 6.07) is 19.8. The van der Waals surface area contributed by atoms with Gasteiger partial charge in [0.1, 0.15) is 6.61 Å². The molecule has 0 aromatic heterocycles. The number of aryl methyl sites for hydroxylation is 1. The summed E-state index contributed by atoms with van der Waals surface area (Å²) in [5.74, 6) is 0.848. The molecule has 0 unspecified atom stereocenters. The minimum atomic E-state index is -0.439. The van der Waals surface area contributed by atoms with Gasteiger partial charge in [-0.25, -0.2) is 0 Å². The third-order valence-electron chi connectivity index (χ3n) is 5.39. The van der Waals surface area contributed by atoms with Crippen molar-refractivity contribution in [3.05, 3.63) is 98.4 Å². The molecular formula is C26H25N3O5S. The van der Waals surface area contributed by atoms with Gasteiger partial charge in [0.15, 0.2) is 17.0 Å². The second-order valence-corrected chi connectivity index (χ2v) is 8.95. The molecule has 0 aliphatic carbocycles. The van der Waals surface area contributed by atoms with Crippen LogP contribution in [0.3, 0.4) is 0 Å². The highest BCUT2D eigenvalue weighted by atomic mass is 32.2. The number of rotatable bonds is 9. The number of non-ortho nitro benzene ring substituents is 1. The number of methoxy groups -OCH3 is 1. The maximum Gasteiger partial charge on any atom is 0.269 e. The van der Waals surface area contributed by atoms with Gasteiger partial charge in [-0.1, -0.05) is 49.0 Å². The lowest BCUT2D eigenvalue weighted by atomic mass is 10.1. The SMILES string of the molecule is CCc1ccc(N[C@@H]2NC(=O)/C(=C/c3ccc(OCc4cccc([N+](=O)[O-])c4)c(OC)c3)S2)cc1. The molecule has 1 aliphatic heterocycles. The van der Waals surface area contributed by atoms with Crippen molar-refractivity contribution >= 4 is 35.1 Å². The molecule has 35 heavy (non-hydrogen) atoms. The molecule has 1 saturated heterocycles. The van der Waals surface area contributed by atoms with E-state index in [1.165, 1.54) is 36.6 Å². The molecule has 1 heterocycles. The first-order valence-corrected chi connectivity index (χ1v) is 11.9. The van der Waals surface area contributed by atoms with E-state index in [0.29, 0.717) is 22.0 Å². The van der Waals surface area contributed by atoms with Gasteiger partial charge in [-0.15, -0.1) is 0 Å². The topological polar surface area (TPSA) is 103 Å². The third kappa shape index (κ3) is 6.13. The molecule has 3 aromatic rings. The van der Waals surface area contributed by atoms with Gasteiger partial charge in [0.05, 0.1) is 16.9 Å². The number of nitrogens with one attached hydrogen (secondary N) is 2. The molecule has 1 fully saturated rings. The van der Waals surface area contributed by atoms with Crippen molar-refractivity contribution in [2.75, 3.05) is 12.4 Å².